The molecule has 0 fully saturated rings. The number of nitrogens with one attached hydrogen (secondary N) is 1. The van der Waals surface area contributed by atoms with Crippen LogP contribution in [0.3, 0.4) is 0 Å². The van der Waals surface area contributed by atoms with Gasteiger partial charge in [-0.3, -0.25) is 0 Å². The van der Waals surface area contributed by atoms with Crippen LogP contribution in [0.5, 0.6) is 11.8 Å². The molecule has 18 heavy (non-hydrogen) atoms. The summed E-state index contributed by atoms with van der Waals surface area (Å²) in [4.78, 5) is 12.3. The minimum atomic E-state index is 0.465. The fourth-order valence-corrected chi connectivity index (χ4v) is 1.41. The third-order valence-corrected chi connectivity index (χ3v) is 2.31. The van der Waals surface area contributed by atoms with Crippen LogP contribution in [0.1, 0.15) is 0 Å². The molecule has 0 atom stereocenters. The lowest BCUT2D eigenvalue weighted by molar-refractivity contribution is 0.373. The van der Waals surface area contributed by atoms with E-state index in [1.807, 2.05) is 10.8 Å². The molecule has 7 nitrogen and oxygen atoms in total. The van der Waals surface area contributed by atoms with Crippen LogP contribution in [0, 0.1) is 0 Å². The second-order valence-electron chi connectivity index (χ2n) is 3.50. The third-order valence-electron chi connectivity index (χ3n) is 2.31. The average molecular weight is 249 g/mol. The normalized spacial score (nSPS) is 10.1. The Kier molecular flexibility index (Phi) is 3.95. The van der Waals surface area contributed by atoms with Crippen molar-refractivity contribution in [3.8, 4) is 11.8 Å². The lowest BCUT2D eigenvalue weighted by atomic mass is 10.5. The third kappa shape index (κ3) is 3.09. The highest BCUT2D eigenvalue weighted by Crippen LogP contribution is 2.16. The van der Waals surface area contributed by atoms with Crippen LogP contribution in [0.25, 0.3) is 0 Å². The standard InChI is InChI=1S/C11H15N5O2/c1-17-9-7-10(18-2)15-11(14-9)13-4-6-16-5-3-12-8-16/h3,5,7-8H,4,6H2,1-2H3,(H,13,14,15). The molecule has 0 saturated carbocycles. The monoisotopic (exact) mass is 249 g/mol. The van der Waals surface area contributed by atoms with Crippen molar-refractivity contribution in [1.82, 2.24) is 19.5 Å². The molecule has 0 saturated heterocycles. The van der Waals surface area contributed by atoms with E-state index in [1.54, 1.807) is 32.8 Å². The number of hydrogen-bond donors (Lipinski definition) is 1. The Bertz CT molecular complexity index is 464. The molecular weight excluding hydrogens is 234 g/mol. The molecule has 0 aromatic carbocycles. The quantitative estimate of drug-likeness (QED) is 0.816. The lowest BCUT2D eigenvalue weighted by Crippen LogP contribution is -2.12. The van der Waals surface area contributed by atoms with E-state index in [0.717, 1.165) is 6.54 Å². The summed E-state index contributed by atoms with van der Waals surface area (Å²) in [5, 5.41) is 3.10. The molecule has 2 aromatic rings. The van der Waals surface area contributed by atoms with Crippen LogP contribution in [-0.4, -0.2) is 40.3 Å². The maximum Gasteiger partial charge on any atom is 0.229 e. The number of anilines is 1. The second kappa shape index (κ2) is 5.85. The fraction of sp³-hybridized carbons (Fsp3) is 0.364. The van der Waals surface area contributed by atoms with E-state index in [-0.39, 0.29) is 0 Å². The van der Waals surface area contributed by atoms with Gasteiger partial charge in [0.2, 0.25) is 17.7 Å². The van der Waals surface area contributed by atoms with Gasteiger partial charge >= 0.3 is 0 Å². The van der Waals surface area contributed by atoms with E-state index in [1.165, 1.54) is 0 Å². The first-order chi connectivity index (χ1) is 8.81. The van der Waals surface area contributed by atoms with Gasteiger partial charge in [-0.25, -0.2) is 4.98 Å². The Labute approximate surface area is 105 Å². The summed E-state index contributed by atoms with van der Waals surface area (Å²) in [5.74, 6) is 1.41. The van der Waals surface area contributed by atoms with Crippen LogP contribution in [0.4, 0.5) is 5.95 Å². The van der Waals surface area contributed by atoms with Gasteiger partial charge in [-0.15, -0.1) is 0 Å². The number of nitrogens with zero attached hydrogens (tertiary/aromatic N) is 4. The Balaban J connectivity index is 1.95. The Morgan fingerprint density at radius 3 is 2.50 bits per heavy atom. The van der Waals surface area contributed by atoms with Crippen LogP contribution in [0.2, 0.25) is 0 Å². The number of hydrogen-bond acceptors (Lipinski definition) is 6. The van der Waals surface area contributed by atoms with Crippen molar-refractivity contribution in [2.75, 3.05) is 26.1 Å². The highest BCUT2D eigenvalue weighted by atomic mass is 16.5. The van der Waals surface area contributed by atoms with E-state index in [0.29, 0.717) is 24.3 Å². The first kappa shape index (κ1) is 12.2. The Hall–Kier alpha value is -2.31. The van der Waals surface area contributed by atoms with Crippen molar-refractivity contribution in [1.29, 1.82) is 0 Å². The summed E-state index contributed by atoms with van der Waals surface area (Å²) in [6, 6.07) is 1.63. The van der Waals surface area contributed by atoms with Crippen molar-refractivity contribution in [2.24, 2.45) is 0 Å². The fourth-order valence-electron chi connectivity index (χ4n) is 1.41. The molecule has 0 aliphatic carbocycles. The van der Waals surface area contributed by atoms with Crippen molar-refractivity contribution in [2.45, 2.75) is 6.54 Å². The molecule has 0 unspecified atom stereocenters. The van der Waals surface area contributed by atoms with E-state index in [4.69, 9.17) is 9.47 Å². The molecular formula is C11H15N5O2. The average Bonchev–Trinajstić information content (AvgIpc) is 2.91. The zero-order chi connectivity index (χ0) is 12.8. The van der Waals surface area contributed by atoms with Crippen molar-refractivity contribution < 1.29 is 9.47 Å². The first-order valence-corrected chi connectivity index (χ1v) is 5.48. The minimum Gasteiger partial charge on any atom is -0.481 e. The van der Waals surface area contributed by atoms with Crippen molar-refractivity contribution in [3.05, 3.63) is 24.8 Å². The van der Waals surface area contributed by atoms with Gasteiger partial charge in [0.1, 0.15) is 0 Å². The van der Waals surface area contributed by atoms with Gasteiger partial charge in [-0.05, 0) is 0 Å². The minimum absolute atomic E-state index is 0.465. The Morgan fingerprint density at radius 1 is 1.22 bits per heavy atom. The predicted molar refractivity (Wildman–Crippen MR) is 65.9 cm³/mol. The number of methoxy groups -OCH3 is 2. The van der Waals surface area contributed by atoms with Crippen molar-refractivity contribution >= 4 is 5.95 Å². The number of ether oxygens (including phenoxy) is 2. The molecule has 2 aromatic heterocycles. The van der Waals surface area contributed by atoms with E-state index in [9.17, 15) is 0 Å². The largest absolute Gasteiger partial charge is 0.481 e. The maximum atomic E-state index is 5.06. The van der Waals surface area contributed by atoms with Gasteiger partial charge in [-0.1, -0.05) is 0 Å². The van der Waals surface area contributed by atoms with Gasteiger partial charge in [0.05, 0.1) is 26.6 Å². The molecule has 2 rings (SSSR count). The molecule has 2 heterocycles. The second-order valence-corrected chi connectivity index (χ2v) is 3.50. The van der Waals surface area contributed by atoms with Crippen molar-refractivity contribution in [3.63, 3.8) is 0 Å². The zero-order valence-corrected chi connectivity index (χ0v) is 10.3. The van der Waals surface area contributed by atoms with Crippen LogP contribution in [-0.2, 0) is 6.54 Å². The lowest BCUT2D eigenvalue weighted by Gasteiger charge is -2.08. The van der Waals surface area contributed by atoms with Gasteiger partial charge in [0.15, 0.2) is 0 Å². The molecule has 1 N–H and O–H groups in total. The summed E-state index contributed by atoms with van der Waals surface area (Å²) in [7, 11) is 3.11. The first-order valence-electron chi connectivity index (χ1n) is 5.48. The van der Waals surface area contributed by atoms with Gasteiger partial charge in [0, 0.05) is 25.5 Å². The summed E-state index contributed by atoms with van der Waals surface area (Å²) in [5.41, 5.74) is 0. The summed E-state index contributed by atoms with van der Waals surface area (Å²) in [6.45, 7) is 1.47. The molecule has 0 bridgehead atoms. The zero-order valence-electron chi connectivity index (χ0n) is 10.3. The molecule has 0 spiro atoms. The van der Waals surface area contributed by atoms with Crippen LogP contribution < -0.4 is 14.8 Å². The molecule has 7 heteroatoms. The number of imidazole rings is 1. The molecule has 0 aliphatic heterocycles. The predicted octanol–water partition coefficient (Wildman–Crippen LogP) is 0.802. The maximum absolute atomic E-state index is 5.06. The SMILES string of the molecule is COc1cc(OC)nc(NCCn2ccnc2)n1. The van der Waals surface area contributed by atoms with Gasteiger partial charge in [0.25, 0.3) is 0 Å². The van der Waals surface area contributed by atoms with Crippen LogP contribution in [0.15, 0.2) is 24.8 Å². The van der Waals surface area contributed by atoms with E-state index < -0.39 is 0 Å². The van der Waals surface area contributed by atoms with E-state index >= 15 is 0 Å². The summed E-state index contributed by atoms with van der Waals surface area (Å²) in [6.07, 6.45) is 5.40. The summed E-state index contributed by atoms with van der Waals surface area (Å²) < 4.78 is 12.1. The number of aromatic nitrogens is 4. The molecule has 96 valence electrons. The van der Waals surface area contributed by atoms with Gasteiger partial charge in [-0.2, -0.15) is 9.97 Å². The van der Waals surface area contributed by atoms with E-state index in [2.05, 4.69) is 20.3 Å². The highest BCUT2D eigenvalue weighted by molar-refractivity contribution is 5.33. The highest BCUT2D eigenvalue weighted by Gasteiger charge is 2.04. The van der Waals surface area contributed by atoms with Gasteiger partial charge < -0.3 is 19.4 Å². The summed E-state index contributed by atoms with van der Waals surface area (Å²) >= 11 is 0. The molecule has 0 aliphatic rings. The molecule has 0 amide bonds. The number of rotatable bonds is 6. The van der Waals surface area contributed by atoms with Crippen LogP contribution >= 0.6 is 0 Å². The smallest absolute Gasteiger partial charge is 0.229 e. The Morgan fingerprint density at radius 2 is 1.94 bits per heavy atom. The molecule has 0 radical (unpaired) electrons. The topological polar surface area (TPSA) is 74.1 Å².